The molecule has 1 aliphatic carbocycles. The second-order valence-electron chi connectivity index (χ2n) is 17.1. The fourth-order valence-corrected chi connectivity index (χ4v) is 9.63. The van der Waals surface area contributed by atoms with E-state index in [2.05, 4.69) is 164 Å². The summed E-state index contributed by atoms with van der Waals surface area (Å²) >= 11 is 0. The fourth-order valence-electron chi connectivity index (χ4n) is 9.63. The zero-order valence-corrected chi connectivity index (χ0v) is 33.2. The van der Waals surface area contributed by atoms with E-state index < -0.39 is 0 Å². The molecule has 0 spiro atoms. The van der Waals surface area contributed by atoms with Crippen LogP contribution in [0.2, 0.25) is 0 Å². The van der Waals surface area contributed by atoms with Crippen molar-refractivity contribution in [2.24, 2.45) is 0 Å². The molecule has 0 bridgehead atoms. The van der Waals surface area contributed by atoms with Gasteiger partial charge in [0.05, 0.1) is 22.1 Å². The molecule has 0 atom stereocenters. The van der Waals surface area contributed by atoms with Crippen molar-refractivity contribution >= 4 is 43.6 Å². The van der Waals surface area contributed by atoms with Crippen LogP contribution < -0.4 is 0 Å². The SMILES string of the molecule is CC1(C)CCC(C)(C)c2c(-c3ccc(-n4c5ccccc5c5ccc6c7ccccc7n(-c7nc(-c8ccccc8)nc(-c8ccccc8)n7)c6c54)cc3)cccc21. The van der Waals surface area contributed by atoms with Gasteiger partial charge in [0.2, 0.25) is 5.95 Å². The van der Waals surface area contributed by atoms with Gasteiger partial charge in [-0.1, -0.05) is 167 Å². The average Bonchev–Trinajstić information content (AvgIpc) is 3.79. The summed E-state index contributed by atoms with van der Waals surface area (Å²) in [6.45, 7) is 9.63. The molecular formula is C53H43N5. The van der Waals surface area contributed by atoms with Gasteiger partial charge in [-0.2, -0.15) is 9.97 Å². The Balaban J connectivity index is 1.19. The summed E-state index contributed by atoms with van der Waals surface area (Å²) in [4.78, 5) is 15.6. The Morgan fingerprint density at radius 3 is 1.53 bits per heavy atom. The summed E-state index contributed by atoms with van der Waals surface area (Å²) in [6, 6.07) is 58.5. The van der Waals surface area contributed by atoms with Gasteiger partial charge in [0.1, 0.15) is 0 Å². The summed E-state index contributed by atoms with van der Waals surface area (Å²) in [7, 11) is 0. The van der Waals surface area contributed by atoms with Crippen LogP contribution in [0.15, 0.2) is 164 Å². The van der Waals surface area contributed by atoms with Crippen molar-refractivity contribution in [2.45, 2.75) is 51.4 Å². The first-order valence-electron chi connectivity index (χ1n) is 20.3. The van der Waals surface area contributed by atoms with Crippen molar-refractivity contribution in [3.63, 3.8) is 0 Å². The number of rotatable bonds is 5. The van der Waals surface area contributed by atoms with Gasteiger partial charge in [-0.25, -0.2) is 4.98 Å². The molecule has 11 rings (SSSR count). The van der Waals surface area contributed by atoms with Crippen molar-refractivity contribution in [1.82, 2.24) is 24.1 Å². The van der Waals surface area contributed by atoms with Crippen LogP contribution in [0.25, 0.3) is 89.2 Å². The number of fused-ring (bicyclic) bond motifs is 8. The third kappa shape index (κ3) is 5.26. The summed E-state index contributed by atoms with van der Waals surface area (Å²) in [5, 5.41) is 4.67. The quantitative estimate of drug-likeness (QED) is 0.176. The molecule has 1 aliphatic rings. The van der Waals surface area contributed by atoms with Gasteiger partial charge >= 0.3 is 0 Å². The minimum absolute atomic E-state index is 0.0990. The molecule has 0 N–H and O–H groups in total. The largest absolute Gasteiger partial charge is 0.307 e. The van der Waals surface area contributed by atoms with Crippen LogP contribution in [-0.4, -0.2) is 24.1 Å². The van der Waals surface area contributed by atoms with Crippen molar-refractivity contribution in [3.05, 3.63) is 175 Å². The zero-order valence-electron chi connectivity index (χ0n) is 33.2. The molecule has 0 aliphatic heterocycles. The van der Waals surface area contributed by atoms with E-state index in [1.165, 1.54) is 45.9 Å². The third-order valence-corrected chi connectivity index (χ3v) is 12.6. The van der Waals surface area contributed by atoms with E-state index >= 15 is 0 Å². The number of para-hydroxylation sites is 2. The first-order chi connectivity index (χ1) is 28.3. The highest BCUT2D eigenvalue weighted by molar-refractivity contribution is 6.23. The van der Waals surface area contributed by atoms with E-state index in [4.69, 9.17) is 15.0 Å². The first kappa shape index (κ1) is 34.4. The standard InChI is InChI=1S/C53H43N5/c1-52(2)32-33-53(3,4)46-38(22-15-23-43(46)52)34-26-28-37(29-27-34)57-44-24-13-11-20-39(44)41-30-31-42-40-21-12-14-25-45(40)58(48(42)47(41)57)51-55-49(35-16-7-5-8-17-35)54-50(56-51)36-18-9-6-10-19-36/h5-31H,32-33H2,1-4H3. The molecule has 5 nitrogen and oxygen atoms in total. The first-order valence-corrected chi connectivity index (χ1v) is 20.3. The van der Waals surface area contributed by atoms with Gasteiger partial charge in [-0.05, 0) is 70.2 Å². The molecule has 3 aromatic heterocycles. The number of nitrogens with zero attached hydrogens (tertiary/aromatic N) is 5. The molecule has 7 aromatic carbocycles. The lowest BCUT2D eigenvalue weighted by atomic mass is 9.61. The van der Waals surface area contributed by atoms with E-state index in [9.17, 15) is 0 Å². The highest BCUT2D eigenvalue weighted by Gasteiger charge is 2.38. The van der Waals surface area contributed by atoms with Crippen LogP contribution in [0.3, 0.4) is 0 Å². The van der Waals surface area contributed by atoms with Crippen LogP contribution in [-0.2, 0) is 10.8 Å². The molecule has 0 fully saturated rings. The minimum atomic E-state index is 0.0990. The Hall–Kier alpha value is -6.85. The van der Waals surface area contributed by atoms with Crippen molar-refractivity contribution in [3.8, 4) is 45.5 Å². The van der Waals surface area contributed by atoms with Crippen LogP contribution in [0, 0.1) is 0 Å². The number of hydrogen-bond donors (Lipinski definition) is 0. The van der Waals surface area contributed by atoms with Gasteiger partial charge in [0, 0.05) is 38.4 Å². The van der Waals surface area contributed by atoms with E-state index in [-0.39, 0.29) is 10.8 Å². The predicted molar refractivity (Wildman–Crippen MR) is 240 cm³/mol. The second-order valence-corrected chi connectivity index (χ2v) is 17.1. The fraction of sp³-hybridized carbons (Fsp3) is 0.151. The Labute approximate surface area is 338 Å². The lowest BCUT2D eigenvalue weighted by Crippen LogP contribution is -2.34. The topological polar surface area (TPSA) is 48.5 Å². The molecule has 0 unspecified atom stereocenters. The van der Waals surface area contributed by atoms with Gasteiger partial charge < -0.3 is 4.57 Å². The number of aromatic nitrogens is 5. The number of hydrogen-bond acceptors (Lipinski definition) is 3. The summed E-state index contributed by atoms with van der Waals surface area (Å²) in [5.41, 5.74) is 13.2. The minimum Gasteiger partial charge on any atom is -0.307 e. The van der Waals surface area contributed by atoms with Gasteiger partial charge in [0.25, 0.3) is 0 Å². The smallest absolute Gasteiger partial charge is 0.238 e. The van der Waals surface area contributed by atoms with Gasteiger partial charge in [-0.3, -0.25) is 4.57 Å². The van der Waals surface area contributed by atoms with Crippen LogP contribution >= 0.6 is 0 Å². The second kappa shape index (κ2) is 12.8. The number of benzene rings is 7. The van der Waals surface area contributed by atoms with Gasteiger partial charge in [-0.15, -0.1) is 0 Å². The van der Waals surface area contributed by atoms with Gasteiger partial charge in [0.15, 0.2) is 11.6 Å². The molecule has 280 valence electrons. The molecule has 0 radical (unpaired) electrons. The molecule has 3 heterocycles. The Kier molecular flexibility index (Phi) is 7.61. The summed E-state index contributed by atoms with van der Waals surface area (Å²) in [6.07, 6.45) is 2.37. The predicted octanol–water partition coefficient (Wildman–Crippen LogP) is 13.4. The van der Waals surface area contributed by atoms with Crippen molar-refractivity contribution in [2.75, 3.05) is 0 Å². The third-order valence-electron chi connectivity index (χ3n) is 12.6. The Morgan fingerprint density at radius 1 is 0.414 bits per heavy atom. The van der Waals surface area contributed by atoms with Crippen molar-refractivity contribution in [1.29, 1.82) is 0 Å². The highest BCUT2D eigenvalue weighted by atomic mass is 15.2. The zero-order chi connectivity index (χ0) is 39.2. The molecule has 5 heteroatoms. The van der Waals surface area contributed by atoms with E-state index in [0.29, 0.717) is 17.6 Å². The lowest BCUT2D eigenvalue weighted by molar-refractivity contribution is 0.333. The van der Waals surface area contributed by atoms with E-state index in [1.807, 2.05) is 36.4 Å². The van der Waals surface area contributed by atoms with Crippen LogP contribution in [0.5, 0.6) is 0 Å². The van der Waals surface area contributed by atoms with E-state index in [1.54, 1.807) is 0 Å². The molecular weight excluding hydrogens is 707 g/mol. The maximum Gasteiger partial charge on any atom is 0.238 e. The molecule has 0 saturated heterocycles. The van der Waals surface area contributed by atoms with Crippen LogP contribution in [0.1, 0.15) is 51.7 Å². The Morgan fingerprint density at radius 2 is 0.931 bits per heavy atom. The molecule has 10 aromatic rings. The molecule has 0 amide bonds. The average molecular weight is 750 g/mol. The normalized spacial score (nSPS) is 14.7. The summed E-state index contributed by atoms with van der Waals surface area (Å²) < 4.78 is 4.70. The maximum absolute atomic E-state index is 5.27. The lowest BCUT2D eigenvalue weighted by Gasteiger charge is -2.43. The Bertz CT molecular complexity index is 3150. The van der Waals surface area contributed by atoms with Crippen LogP contribution in [0.4, 0.5) is 0 Å². The van der Waals surface area contributed by atoms with Crippen molar-refractivity contribution < 1.29 is 0 Å². The summed E-state index contributed by atoms with van der Waals surface area (Å²) in [5.74, 6) is 1.85. The molecule has 0 saturated carbocycles. The molecule has 58 heavy (non-hydrogen) atoms. The maximum atomic E-state index is 5.27. The van der Waals surface area contributed by atoms with E-state index in [0.717, 1.165) is 49.7 Å². The highest BCUT2D eigenvalue weighted by Crippen LogP contribution is 2.49. The monoisotopic (exact) mass is 749 g/mol.